The summed E-state index contributed by atoms with van der Waals surface area (Å²) in [6, 6.07) is 8.19. The van der Waals surface area contributed by atoms with Crippen LogP contribution >= 0.6 is 22.9 Å². The molecule has 1 unspecified atom stereocenters. The summed E-state index contributed by atoms with van der Waals surface area (Å²) >= 11 is 7.27. The van der Waals surface area contributed by atoms with E-state index in [9.17, 15) is 9.59 Å². The second kappa shape index (κ2) is 7.62. The molecule has 23 heavy (non-hydrogen) atoms. The zero-order valence-corrected chi connectivity index (χ0v) is 14.8. The molecule has 6 heteroatoms. The molecule has 2 rings (SSSR count). The summed E-state index contributed by atoms with van der Waals surface area (Å²) in [5.41, 5.74) is 1.56. The van der Waals surface area contributed by atoms with Gasteiger partial charge in [-0.1, -0.05) is 31.5 Å². The molecule has 0 aliphatic heterocycles. The van der Waals surface area contributed by atoms with Crippen LogP contribution in [0.15, 0.2) is 35.7 Å². The molecule has 0 spiro atoms. The quantitative estimate of drug-likeness (QED) is 0.852. The van der Waals surface area contributed by atoms with Crippen LogP contribution in [-0.4, -0.2) is 17.9 Å². The molecule has 1 heterocycles. The molecule has 1 aromatic carbocycles. The van der Waals surface area contributed by atoms with Crippen LogP contribution in [0.1, 0.15) is 29.1 Å². The van der Waals surface area contributed by atoms with Crippen molar-refractivity contribution in [3.05, 3.63) is 51.2 Å². The minimum atomic E-state index is -0.611. The van der Waals surface area contributed by atoms with Crippen LogP contribution in [0, 0.1) is 12.8 Å². The first kappa shape index (κ1) is 17.5. The Hall–Kier alpha value is -1.85. The molecule has 2 amide bonds. The Kier molecular flexibility index (Phi) is 5.80. The maximum Gasteiger partial charge on any atom is 0.262 e. The molecule has 0 aliphatic rings. The first-order chi connectivity index (χ1) is 10.9. The Bertz CT molecular complexity index is 699. The number of rotatable bonds is 5. The van der Waals surface area contributed by atoms with Crippen LogP contribution in [0.4, 0.5) is 5.69 Å². The molecule has 1 atom stereocenters. The number of benzene rings is 1. The molecule has 4 nitrogen and oxygen atoms in total. The summed E-state index contributed by atoms with van der Waals surface area (Å²) in [6.45, 7) is 5.66. The maximum atomic E-state index is 12.5. The highest BCUT2D eigenvalue weighted by Gasteiger charge is 2.25. The summed E-state index contributed by atoms with van der Waals surface area (Å²) in [5.74, 6) is -0.511. The number of carbonyl (C=O) groups is 2. The van der Waals surface area contributed by atoms with E-state index < -0.39 is 6.04 Å². The van der Waals surface area contributed by atoms with Crippen molar-refractivity contribution in [2.45, 2.75) is 26.8 Å². The third-order valence-electron chi connectivity index (χ3n) is 3.43. The number of nitrogens with one attached hydrogen (secondary N) is 2. The Labute approximate surface area is 144 Å². The fraction of sp³-hybridized carbons (Fsp3) is 0.294. The molecular weight excluding hydrogens is 332 g/mol. The van der Waals surface area contributed by atoms with E-state index in [0.717, 1.165) is 5.56 Å². The van der Waals surface area contributed by atoms with E-state index in [1.807, 2.05) is 26.2 Å². The van der Waals surface area contributed by atoms with E-state index in [2.05, 4.69) is 10.6 Å². The molecule has 0 saturated heterocycles. The number of thiophene rings is 1. The monoisotopic (exact) mass is 350 g/mol. The lowest BCUT2D eigenvalue weighted by molar-refractivity contribution is -0.118. The summed E-state index contributed by atoms with van der Waals surface area (Å²) in [7, 11) is 0. The number of halogens is 1. The number of hydrogen-bond donors (Lipinski definition) is 2. The van der Waals surface area contributed by atoms with Gasteiger partial charge < -0.3 is 10.6 Å². The standard InChI is InChI=1S/C17H19ClN2O2S/c1-10(2)15(20-16(21)14-5-4-8-23-14)17(22)19-13-7-6-12(18)9-11(13)3/h4-10,15H,1-3H3,(H,19,22)(H,20,21). The Morgan fingerprint density at radius 3 is 2.52 bits per heavy atom. The second-order valence-electron chi connectivity index (χ2n) is 5.62. The highest BCUT2D eigenvalue weighted by Crippen LogP contribution is 2.20. The van der Waals surface area contributed by atoms with Gasteiger partial charge in [0.15, 0.2) is 0 Å². The average Bonchev–Trinajstić information content (AvgIpc) is 3.01. The Morgan fingerprint density at radius 1 is 1.22 bits per heavy atom. The number of carbonyl (C=O) groups excluding carboxylic acids is 2. The van der Waals surface area contributed by atoms with Crippen LogP contribution in [0.25, 0.3) is 0 Å². The van der Waals surface area contributed by atoms with Crippen molar-refractivity contribution in [1.82, 2.24) is 5.32 Å². The third-order valence-corrected chi connectivity index (χ3v) is 4.53. The smallest absolute Gasteiger partial charge is 0.262 e. The average molecular weight is 351 g/mol. The SMILES string of the molecule is Cc1cc(Cl)ccc1NC(=O)C(NC(=O)c1cccs1)C(C)C. The summed E-state index contributed by atoms with van der Waals surface area (Å²) < 4.78 is 0. The summed E-state index contributed by atoms with van der Waals surface area (Å²) in [6.07, 6.45) is 0. The van der Waals surface area contributed by atoms with Gasteiger partial charge in [0.05, 0.1) is 4.88 Å². The van der Waals surface area contributed by atoms with Crippen molar-refractivity contribution in [3.8, 4) is 0 Å². The van der Waals surface area contributed by atoms with Crippen LogP contribution in [0.5, 0.6) is 0 Å². The highest BCUT2D eigenvalue weighted by atomic mass is 35.5. The Morgan fingerprint density at radius 2 is 1.96 bits per heavy atom. The number of amides is 2. The first-order valence-corrected chi connectivity index (χ1v) is 8.55. The molecule has 0 aliphatic carbocycles. The van der Waals surface area contributed by atoms with Gasteiger partial charge in [-0.15, -0.1) is 11.3 Å². The molecule has 1 aromatic heterocycles. The molecule has 122 valence electrons. The van der Waals surface area contributed by atoms with Crippen LogP contribution in [0.2, 0.25) is 5.02 Å². The molecule has 0 saturated carbocycles. The van der Waals surface area contributed by atoms with Crippen molar-refractivity contribution in [2.24, 2.45) is 5.92 Å². The molecule has 0 bridgehead atoms. The van der Waals surface area contributed by atoms with Gasteiger partial charge >= 0.3 is 0 Å². The summed E-state index contributed by atoms with van der Waals surface area (Å²) in [4.78, 5) is 25.3. The predicted octanol–water partition coefficient (Wildman–Crippen LogP) is 4.10. The number of anilines is 1. The van der Waals surface area contributed by atoms with Gasteiger partial charge in [-0.05, 0) is 48.1 Å². The molecule has 0 fully saturated rings. The fourth-order valence-electron chi connectivity index (χ4n) is 2.13. The van der Waals surface area contributed by atoms with E-state index in [1.54, 1.807) is 30.3 Å². The van der Waals surface area contributed by atoms with Gasteiger partial charge in [-0.25, -0.2) is 0 Å². The topological polar surface area (TPSA) is 58.2 Å². The zero-order valence-electron chi connectivity index (χ0n) is 13.2. The molecule has 0 radical (unpaired) electrons. The van der Waals surface area contributed by atoms with Crippen molar-refractivity contribution in [3.63, 3.8) is 0 Å². The summed E-state index contributed by atoms with van der Waals surface area (Å²) in [5, 5.41) is 8.11. The van der Waals surface area contributed by atoms with Gasteiger partial charge in [0, 0.05) is 10.7 Å². The number of hydrogen-bond acceptors (Lipinski definition) is 3. The largest absolute Gasteiger partial charge is 0.339 e. The zero-order chi connectivity index (χ0) is 17.0. The van der Waals surface area contributed by atoms with Crippen LogP contribution in [0.3, 0.4) is 0 Å². The highest BCUT2D eigenvalue weighted by molar-refractivity contribution is 7.12. The van der Waals surface area contributed by atoms with Gasteiger partial charge in [0.1, 0.15) is 6.04 Å². The lowest BCUT2D eigenvalue weighted by Gasteiger charge is -2.22. The second-order valence-corrected chi connectivity index (χ2v) is 7.01. The molecular formula is C17H19ClN2O2S. The van der Waals surface area contributed by atoms with E-state index in [0.29, 0.717) is 15.6 Å². The van der Waals surface area contributed by atoms with Crippen molar-refractivity contribution in [2.75, 3.05) is 5.32 Å². The fourth-order valence-corrected chi connectivity index (χ4v) is 2.99. The minimum absolute atomic E-state index is 0.0356. The van der Waals surface area contributed by atoms with Crippen molar-refractivity contribution >= 4 is 40.4 Å². The van der Waals surface area contributed by atoms with E-state index in [-0.39, 0.29) is 17.7 Å². The van der Waals surface area contributed by atoms with Gasteiger partial charge in [0.2, 0.25) is 5.91 Å². The Balaban J connectivity index is 2.10. The van der Waals surface area contributed by atoms with E-state index in [1.165, 1.54) is 11.3 Å². The van der Waals surface area contributed by atoms with E-state index in [4.69, 9.17) is 11.6 Å². The predicted molar refractivity (Wildman–Crippen MR) is 95.2 cm³/mol. The normalized spacial score (nSPS) is 12.0. The lowest BCUT2D eigenvalue weighted by Crippen LogP contribution is -2.47. The molecule has 2 aromatic rings. The first-order valence-electron chi connectivity index (χ1n) is 7.30. The van der Waals surface area contributed by atoms with Crippen molar-refractivity contribution in [1.29, 1.82) is 0 Å². The van der Waals surface area contributed by atoms with Crippen LogP contribution < -0.4 is 10.6 Å². The lowest BCUT2D eigenvalue weighted by atomic mass is 10.0. The van der Waals surface area contributed by atoms with Crippen LogP contribution in [-0.2, 0) is 4.79 Å². The van der Waals surface area contributed by atoms with Gasteiger partial charge in [0.25, 0.3) is 5.91 Å². The van der Waals surface area contributed by atoms with E-state index >= 15 is 0 Å². The molecule has 2 N–H and O–H groups in total. The maximum absolute atomic E-state index is 12.5. The van der Waals surface area contributed by atoms with Gasteiger partial charge in [-0.2, -0.15) is 0 Å². The number of aryl methyl sites for hydroxylation is 1. The van der Waals surface area contributed by atoms with Gasteiger partial charge in [-0.3, -0.25) is 9.59 Å². The minimum Gasteiger partial charge on any atom is -0.339 e. The third kappa shape index (κ3) is 4.56. The van der Waals surface area contributed by atoms with Crippen molar-refractivity contribution < 1.29 is 9.59 Å².